The van der Waals surface area contributed by atoms with Crippen LogP contribution < -0.4 is 0 Å². The van der Waals surface area contributed by atoms with Gasteiger partial charge in [-0.25, -0.2) is 0 Å². The fraction of sp³-hybridized carbons (Fsp3) is 0.571. The molecule has 0 amide bonds. The summed E-state index contributed by atoms with van der Waals surface area (Å²) in [5.41, 5.74) is 0. The summed E-state index contributed by atoms with van der Waals surface area (Å²) in [6.07, 6.45) is 2.05. The third-order valence-corrected chi connectivity index (χ3v) is 1.96. The predicted octanol–water partition coefficient (Wildman–Crippen LogP) is 2.01. The first-order chi connectivity index (χ1) is 9.90. The number of carboxylic acid groups (broad SMARTS) is 2. The summed E-state index contributed by atoms with van der Waals surface area (Å²) < 4.78 is 4.88. The van der Waals surface area contributed by atoms with Gasteiger partial charge in [0.2, 0.25) is 0 Å². The first kappa shape index (κ1) is 21.4. The minimum Gasteiger partial charge on any atom is -0.481 e. The van der Waals surface area contributed by atoms with Crippen LogP contribution in [0, 0.1) is 0 Å². The number of aliphatic hydroxyl groups excluding tert-OH is 2. The maximum Gasteiger partial charge on any atom is 0.303 e. The lowest BCUT2D eigenvalue weighted by molar-refractivity contribution is -0.138. The van der Waals surface area contributed by atoms with Crippen molar-refractivity contribution in [3.05, 3.63) is 23.7 Å². The molecule has 0 atom stereocenters. The van der Waals surface area contributed by atoms with Gasteiger partial charge in [0.15, 0.2) is 0 Å². The van der Waals surface area contributed by atoms with Crippen LogP contribution in [0.25, 0.3) is 0 Å². The van der Waals surface area contributed by atoms with Crippen LogP contribution in [-0.4, -0.2) is 32.4 Å². The second-order valence-electron chi connectivity index (χ2n) is 3.97. The minimum absolute atomic E-state index is 0.111. The number of hydrogen-bond acceptors (Lipinski definition) is 5. The molecule has 21 heavy (non-hydrogen) atoms. The Labute approximate surface area is 123 Å². The van der Waals surface area contributed by atoms with Crippen LogP contribution in [0.3, 0.4) is 0 Å². The molecule has 0 unspecified atom stereocenters. The summed E-state index contributed by atoms with van der Waals surface area (Å²) in [6.45, 7) is 3.46. The van der Waals surface area contributed by atoms with Crippen molar-refractivity contribution >= 4 is 11.9 Å². The summed E-state index contributed by atoms with van der Waals surface area (Å²) in [5, 5.41) is 32.8. The molecule has 0 aromatic carbocycles. The van der Waals surface area contributed by atoms with Gasteiger partial charge in [-0.15, -0.1) is 0 Å². The lowest BCUT2D eigenvalue weighted by Crippen LogP contribution is -1.90. The van der Waals surface area contributed by atoms with E-state index in [2.05, 4.69) is 0 Å². The van der Waals surface area contributed by atoms with Crippen LogP contribution >= 0.6 is 0 Å². The molecule has 0 aliphatic heterocycles. The molecule has 1 aromatic rings. The molecule has 7 nitrogen and oxygen atoms in total. The number of hydrogen-bond donors (Lipinski definition) is 4. The second kappa shape index (κ2) is 14.5. The molecule has 0 saturated carbocycles. The van der Waals surface area contributed by atoms with Crippen LogP contribution in [0.4, 0.5) is 0 Å². The van der Waals surface area contributed by atoms with Crippen molar-refractivity contribution in [1.29, 1.82) is 0 Å². The Kier molecular flexibility index (Phi) is 14.9. The van der Waals surface area contributed by atoms with E-state index in [9.17, 15) is 9.59 Å². The maximum atomic E-state index is 9.60. The molecular weight excluding hydrogens is 280 g/mol. The van der Waals surface area contributed by atoms with Crippen molar-refractivity contribution in [2.45, 2.75) is 52.7 Å². The third-order valence-electron chi connectivity index (χ3n) is 1.96. The fourth-order valence-corrected chi connectivity index (χ4v) is 1.02. The average Bonchev–Trinajstić information content (AvgIpc) is 2.87. The smallest absolute Gasteiger partial charge is 0.303 e. The fourth-order valence-electron chi connectivity index (χ4n) is 1.02. The second-order valence-corrected chi connectivity index (χ2v) is 3.97. The van der Waals surface area contributed by atoms with Crippen molar-refractivity contribution in [3.63, 3.8) is 0 Å². The number of rotatable bonds is 6. The van der Waals surface area contributed by atoms with Crippen molar-refractivity contribution in [3.8, 4) is 0 Å². The maximum absolute atomic E-state index is 9.60. The summed E-state index contributed by atoms with van der Waals surface area (Å²) in [5.74, 6) is -0.451. The van der Waals surface area contributed by atoms with Crippen LogP contribution in [0.5, 0.6) is 0 Å². The lowest BCUT2D eigenvalue weighted by atomic mass is 10.4. The highest BCUT2D eigenvalue weighted by molar-refractivity contribution is 5.66. The summed E-state index contributed by atoms with van der Waals surface area (Å²) in [6, 6.07) is 3.26. The standard InChI is InChI=1S/C6H8O3.2C4H8O2/c7-3-5-1-2-6(4-8)9-5;2*1-2-3-4(5)6/h1-2,7-8H,3-4H2;2*2-3H2,1H3,(H,5,6). The topological polar surface area (TPSA) is 128 Å². The Morgan fingerprint density at radius 2 is 1.24 bits per heavy atom. The number of aliphatic carboxylic acids is 2. The van der Waals surface area contributed by atoms with Gasteiger partial charge in [0.05, 0.1) is 0 Å². The molecule has 4 N–H and O–H groups in total. The van der Waals surface area contributed by atoms with Gasteiger partial charge in [-0.2, -0.15) is 0 Å². The van der Waals surface area contributed by atoms with Gasteiger partial charge >= 0.3 is 11.9 Å². The highest BCUT2D eigenvalue weighted by atomic mass is 16.4. The zero-order valence-corrected chi connectivity index (χ0v) is 12.4. The Morgan fingerprint density at radius 1 is 0.905 bits per heavy atom. The van der Waals surface area contributed by atoms with E-state index in [-0.39, 0.29) is 13.2 Å². The first-order valence-corrected chi connectivity index (χ1v) is 6.64. The number of carboxylic acids is 2. The summed E-state index contributed by atoms with van der Waals surface area (Å²) in [7, 11) is 0. The van der Waals surface area contributed by atoms with Crippen molar-refractivity contribution in [2.24, 2.45) is 0 Å². The average molecular weight is 304 g/mol. The Balaban J connectivity index is 0. The highest BCUT2D eigenvalue weighted by Gasteiger charge is 1.96. The zero-order chi connectivity index (χ0) is 16.7. The van der Waals surface area contributed by atoms with Crippen molar-refractivity contribution in [1.82, 2.24) is 0 Å². The van der Waals surface area contributed by atoms with Crippen LogP contribution in [0.1, 0.15) is 51.1 Å². The van der Waals surface area contributed by atoms with E-state index in [0.717, 1.165) is 12.8 Å². The van der Waals surface area contributed by atoms with Gasteiger partial charge in [0.1, 0.15) is 24.7 Å². The highest BCUT2D eigenvalue weighted by Crippen LogP contribution is 2.06. The van der Waals surface area contributed by atoms with Gasteiger partial charge in [-0.1, -0.05) is 13.8 Å². The van der Waals surface area contributed by atoms with Crippen molar-refractivity contribution in [2.75, 3.05) is 0 Å². The van der Waals surface area contributed by atoms with E-state index in [4.69, 9.17) is 24.8 Å². The van der Waals surface area contributed by atoms with E-state index in [1.807, 2.05) is 13.8 Å². The van der Waals surface area contributed by atoms with Crippen LogP contribution in [0.2, 0.25) is 0 Å². The predicted molar refractivity (Wildman–Crippen MR) is 75.6 cm³/mol. The molecule has 1 heterocycles. The van der Waals surface area contributed by atoms with E-state index in [0.29, 0.717) is 24.4 Å². The van der Waals surface area contributed by atoms with Gasteiger partial charge in [-0.3, -0.25) is 9.59 Å². The number of aliphatic hydroxyl groups is 2. The third kappa shape index (κ3) is 16.1. The number of furan rings is 1. The largest absolute Gasteiger partial charge is 0.481 e. The molecule has 1 rings (SSSR count). The van der Waals surface area contributed by atoms with Gasteiger partial charge in [-0.05, 0) is 25.0 Å². The Morgan fingerprint density at radius 3 is 1.33 bits per heavy atom. The molecule has 0 saturated heterocycles. The summed E-state index contributed by atoms with van der Waals surface area (Å²) >= 11 is 0. The monoisotopic (exact) mass is 304 g/mol. The van der Waals surface area contributed by atoms with E-state index < -0.39 is 11.9 Å². The molecule has 0 aliphatic carbocycles. The van der Waals surface area contributed by atoms with Gasteiger partial charge in [0, 0.05) is 12.8 Å². The van der Waals surface area contributed by atoms with Crippen LogP contribution in [-0.2, 0) is 22.8 Å². The quantitative estimate of drug-likeness (QED) is 0.632. The number of carbonyl (C=O) groups is 2. The Bertz CT molecular complexity index is 350. The molecule has 0 radical (unpaired) electrons. The zero-order valence-electron chi connectivity index (χ0n) is 12.4. The van der Waals surface area contributed by atoms with Gasteiger partial charge < -0.3 is 24.8 Å². The molecule has 0 aliphatic rings. The van der Waals surface area contributed by atoms with Crippen molar-refractivity contribution < 1.29 is 34.4 Å². The Hall–Kier alpha value is -1.86. The molecular formula is C14H24O7. The van der Waals surface area contributed by atoms with Crippen LogP contribution in [0.15, 0.2) is 16.5 Å². The molecule has 0 bridgehead atoms. The first-order valence-electron chi connectivity index (χ1n) is 6.64. The lowest BCUT2D eigenvalue weighted by Gasteiger charge is -1.86. The van der Waals surface area contributed by atoms with E-state index >= 15 is 0 Å². The van der Waals surface area contributed by atoms with Gasteiger partial charge in [0.25, 0.3) is 0 Å². The molecule has 1 aromatic heterocycles. The SMILES string of the molecule is CCCC(=O)O.CCCC(=O)O.OCc1ccc(CO)o1. The summed E-state index contributed by atoms with van der Waals surface area (Å²) in [4.78, 5) is 19.2. The van der Waals surface area contributed by atoms with E-state index in [1.54, 1.807) is 12.1 Å². The molecule has 122 valence electrons. The molecule has 7 heteroatoms. The van der Waals surface area contributed by atoms with E-state index in [1.165, 1.54) is 0 Å². The normalized spacial score (nSPS) is 8.95. The minimum atomic E-state index is -0.711. The molecule has 0 fully saturated rings. The molecule has 0 spiro atoms.